The molecule has 11 heteroatoms. The SMILES string of the molecule is CCOC(C)OCc1cn([C@H]2C[C@H](O[Si](C)(C)C(C)(C)C)[C@@H](CO[Si](C)(C)C(C)(C)C)O2)c(=O)[nH]c1=O. The van der Waals surface area contributed by atoms with Crippen LogP contribution in [-0.4, -0.2) is 57.9 Å². The fourth-order valence-corrected chi connectivity index (χ4v) is 5.91. The smallest absolute Gasteiger partial charge is 0.330 e. The van der Waals surface area contributed by atoms with E-state index in [1.165, 1.54) is 10.8 Å². The van der Waals surface area contributed by atoms with Crippen LogP contribution in [-0.2, 0) is 29.7 Å². The van der Waals surface area contributed by atoms with Gasteiger partial charge in [0, 0.05) is 19.2 Å². The molecule has 1 aromatic heterocycles. The van der Waals surface area contributed by atoms with E-state index in [-0.39, 0.29) is 28.9 Å². The number of H-pyrrole nitrogens is 1. The number of rotatable bonds is 11. The lowest BCUT2D eigenvalue weighted by Crippen LogP contribution is -2.48. The average Bonchev–Trinajstić information content (AvgIpc) is 3.12. The number of hydrogen-bond donors (Lipinski definition) is 1. The molecule has 0 radical (unpaired) electrons. The molecule has 0 aromatic carbocycles. The minimum absolute atomic E-state index is 0.0192. The van der Waals surface area contributed by atoms with E-state index < -0.39 is 40.4 Å². The number of nitrogens with zero attached hydrogens (tertiary/aromatic N) is 1. The van der Waals surface area contributed by atoms with E-state index in [2.05, 4.69) is 72.7 Å². The van der Waals surface area contributed by atoms with Gasteiger partial charge in [-0.15, -0.1) is 0 Å². The highest BCUT2D eigenvalue weighted by molar-refractivity contribution is 6.74. The second-order valence-electron chi connectivity index (χ2n) is 13.0. The second-order valence-corrected chi connectivity index (χ2v) is 22.6. The summed E-state index contributed by atoms with van der Waals surface area (Å²) in [6.45, 7) is 26.6. The summed E-state index contributed by atoms with van der Waals surface area (Å²) in [5, 5.41) is 0.0800. The summed E-state index contributed by atoms with van der Waals surface area (Å²) in [6, 6.07) is 0. The molecule has 0 saturated carbocycles. The van der Waals surface area contributed by atoms with Crippen molar-refractivity contribution in [3.8, 4) is 0 Å². The first-order valence-corrected chi connectivity index (χ1v) is 19.2. The van der Waals surface area contributed by atoms with Crippen molar-refractivity contribution < 1.29 is 23.1 Å². The maximum Gasteiger partial charge on any atom is 0.330 e. The molecule has 1 saturated heterocycles. The number of aromatic nitrogens is 2. The second kappa shape index (κ2) is 12.0. The van der Waals surface area contributed by atoms with Gasteiger partial charge in [-0.05, 0) is 50.1 Å². The van der Waals surface area contributed by atoms with Crippen LogP contribution in [0.25, 0.3) is 0 Å². The van der Waals surface area contributed by atoms with Crippen LogP contribution in [0.3, 0.4) is 0 Å². The van der Waals surface area contributed by atoms with Crippen molar-refractivity contribution in [2.75, 3.05) is 13.2 Å². The van der Waals surface area contributed by atoms with Gasteiger partial charge in [0.15, 0.2) is 22.9 Å². The Hall–Kier alpha value is -1.09. The van der Waals surface area contributed by atoms with Gasteiger partial charge in [0.2, 0.25) is 0 Å². The lowest BCUT2D eigenvalue weighted by atomic mass is 10.2. The van der Waals surface area contributed by atoms with Gasteiger partial charge in [-0.25, -0.2) is 4.79 Å². The quantitative estimate of drug-likeness (QED) is 0.297. The molecule has 214 valence electrons. The Labute approximate surface area is 224 Å². The first kappa shape index (κ1) is 32.1. The topological polar surface area (TPSA) is 101 Å². The fourth-order valence-electron chi connectivity index (χ4n) is 3.54. The maximum absolute atomic E-state index is 12.8. The van der Waals surface area contributed by atoms with Gasteiger partial charge in [-0.1, -0.05) is 41.5 Å². The third-order valence-corrected chi connectivity index (χ3v) is 17.1. The van der Waals surface area contributed by atoms with Crippen LogP contribution in [0.1, 0.15) is 73.6 Å². The lowest BCUT2D eigenvalue weighted by Gasteiger charge is -2.40. The van der Waals surface area contributed by atoms with Crippen molar-refractivity contribution in [2.45, 2.75) is 129 Å². The van der Waals surface area contributed by atoms with E-state index >= 15 is 0 Å². The zero-order valence-corrected chi connectivity index (χ0v) is 27.0. The highest BCUT2D eigenvalue weighted by atomic mass is 28.4. The molecule has 0 bridgehead atoms. The summed E-state index contributed by atoms with van der Waals surface area (Å²) < 4.78 is 32.2. The normalized spacial score (nSPS) is 22.4. The summed E-state index contributed by atoms with van der Waals surface area (Å²) in [4.78, 5) is 27.7. The van der Waals surface area contributed by atoms with Crippen LogP contribution >= 0.6 is 0 Å². The summed E-state index contributed by atoms with van der Waals surface area (Å²) >= 11 is 0. The van der Waals surface area contributed by atoms with Crippen molar-refractivity contribution in [3.05, 3.63) is 32.6 Å². The minimum atomic E-state index is -2.12. The molecule has 1 aromatic rings. The van der Waals surface area contributed by atoms with Crippen molar-refractivity contribution >= 4 is 16.6 Å². The van der Waals surface area contributed by atoms with Crippen LogP contribution in [0.4, 0.5) is 0 Å². The van der Waals surface area contributed by atoms with Crippen LogP contribution < -0.4 is 11.2 Å². The van der Waals surface area contributed by atoms with Crippen LogP contribution in [0.15, 0.2) is 15.8 Å². The minimum Gasteiger partial charge on any atom is -0.414 e. The molecule has 2 heterocycles. The molecular weight excluding hydrogens is 508 g/mol. The molecule has 1 N–H and O–H groups in total. The van der Waals surface area contributed by atoms with E-state index in [0.717, 1.165) is 0 Å². The van der Waals surface area contributed by atoms with Gasteiger partial charge in [0.05, 0.1) is 24.9 Å². The fraction of sp³-hybridized carbons (Fsp3) is 0.846. The molecular formula is C26H50N2O7Si2. The largest absolute Gasteiger partial charge is 0.414 e. The number of aromatic amines is 1. The van der Waals surface area contributed by atoms with Gasteiger partial charge >= 0.3 is 5.69 Å². The Bertz CT molecular complexity index is 1010. The summed E-state index contributed by atoms with van der Waals surface area (Å²) in [6.07, 6.45) is 0.406. The van der Waals surface area contributed by atoms with Gasteiger partial charge in [-0.2, -0.15) is 0 Å². The number of hydrogen-bond acceptors (Lipinski definition) is 7. The van der Waals surface area contributed by atoms with Gasteiger partial charge < -0.3 is 23.1 Å². The van der Waals surface area contributed by atoms with E-state index in [1.54, 1.807) is 6.92 Å². The average molecular weight is 559 g/mol. The Morgan fingerprint density at radius 3 is 2.19 bits per heavy atom. The van der Waals surface area contributed by atoms with Crippen LogP contribution in [0, 0.1) is 0 Å². The number of nitrogens with one attached hydrogen (secondary N) is 1. The first-order chi connectivity index (χ1) is 16.8. The van der Waals surface area contributed by atoms with Gasteiger partial charge in [0.1, 0.15) is 12.3 Å². The first-order valence-electron chi connectivity index (χ1n) is 13.3. The van der Waals surface area contributed by atoms with Crippen molar-refractivity contribution in [3.63, 3.8) is 0 Å². The molecule has 0 aliphatic carbocycles. The zero-order valence-electron chi connectivity index (χ0n) is 25.0. The van der Waals surface area contributed by atoms with Crippen molar-refractivity contribution in [1.82, 2.24) is 9.55 Å². The van der Waals surface area contributed by atoms with Crippen LogP contribution in [0.2, 0.25) is 36.3 Å². The molecule has 1 aliphatic heterocycles. The van der Waals surface area contributed by atoms with E-state index in [9.17, 15) is 9.59 Å². The number of ether oxygens (including phenoxy) is 3. The van der Waals surface area contributed by atoms with Crippen molar-refractivity contribution in [2.24, 2.45) is 0 Å². The van der Waals surface area contributed by atoms with Gasteiger partial charge in [0.25, 0.3) is 5.56 Å². The van der Waals surface area contributed by atoms with E-state index in [4.69, 9.17) is 23.1 Å². The molecule has 1 unspecified atom stereocenters. The summed E-state index contributed by atoms with van der Waals surface area (Å²) in [7, 11) is -4.15. The molecule has 0 spiro atoms. The lowest BCUT2D eigenvalue weighted by molar-refractivity contribution is -0.134. The summed E-state index contributed by atoms with van der Waals surface area (Å²) in [5.74, 6) is 0. The summed E-state index contributed by atoms with van der Waals surface area (Å²) in [5.41, 5.74) is -0.666. The molecule has 9 nitrogen and oxygen atoms in total. The van der Waals surface area contributed by atoms with Crippen molar-refractivity contribution in [1.29, 1.82) is 0 Å². The third-order valence-electron chi connectivity index (χ3n) is 8.07. The van der Waals surface area contributed by atoms with E-state index in [1.807, 2.05) is 6.92 Å². The Kier molecular flexibility index (Phi) is 10.4. The molecule has 4 atom stereocenters. The molecule has 1 fully saturated rings. The monoisotopic (exact) mass is 558 g/mol. The Morgan fingerprint density at radius 2 is 1.65 bits per heavy atom. The predicted octanol–water partition coefficient (Wildman–Crippen LogP) is 5.14. The van der Waals surface area contributed by atoms with Gasteiger partial charge in [-0.3, -0.25) is 14.3 Å². The molecule has 0 amide bonds. The highest BCUT2D eigenvalue weighted by Gasteiger charge is 2.46. The standard InChI is InChI=1S/C26H50N2O7Si2/c1-13-31-18(2)32-16-19-15-28(24(30)27-23(19)29)22-14-20(35-37(11,12)26(6,7)8)21(34-22)17-33-36(9,10)25(3,4)5/h15,18,20-22H,13-14,16-17H2,1-12H3,(H,27,29,30)/t18?,20-,21+,22+/m0/s1. The highest BCUT2D eigenvalue weighted by Crippen LogP contribution is 2.42. The molecule has 1 aliphatic rings. The zero-order chi connectivity index (χ0) is 28.4. The Balaban J connectivity index is 2.33. The Morgan fingerprint density at radius 1 is 1.05 bits per heavy atom. The third kappa shape index (κ3) is 8.20. The molecule has 37 heavy (non-hydrogen) atoms. The van der Waals surface area contributed by atoms with E-state index in [0.29, 0.717) is 25.2 Å². The molecule has 2 rings (SSSR count). The maximum atomic E-state index is 12.8. The predicted molar refractivity (Wildman–Crippen MR) is 151 cm³/mol. The van der Waals surface area contributed by atoms with Crippen LogP contribution in [0.5, 0.6) is 0 Å².